The van der Waals surface area contributed by atoms with E-state index in [4.69, 9.17) is 4.99 Å². The van der Waals surface area contributed by atoms with Crippen molar-refractivity contribution in [2.24, 2.45) is 4.99 Å². The van der Waals surface area contributed by atoms with Crippen molar-refractivity contribution in [2.75, 3.05) is 0 Å². The Morgan fingerprint density at radius 1 is 0.792 bits per heavy atom. The molecule has 0 amide bonds. The maximum absolute atomic E-state index is 4.90. The summed E-state index contributed by atoms with van der Waals surface area (Å²) in [5.74, 6) is 0. The summed E-state index contributed by atoms with van der Waals surface area (Å²) in [6, 6.07) is 20.9. The van der Waals surface area contributed by atoms with Gasteiger partial charge in [-0.2, -0.15) is 0 Å². The molecule has 0 saturated heterocycles. The van der Waals surface area contributed by atoms with Crippen molar-refractivity contribution in [3.8, 4) is 0 Å². The van der Waals surface area contributed by atoms with Crippen molar-refractivity contribution in [3.05, 3.63) is 100 Å². The fraction of sp³-hybridized carbons (Fsp3) is 0.182. The molecule has 3 aromatic rings. The lowest BCUT2D eigenvalue weighted by Gasteiger charge is -2.18. The molecular formula is C22H22N2. The molecule has 3 rings (SSSR count). The summed E-state index contributed by atoms with van der Waals surface area (Å²) in [5, 5.41) is 0. The van der Waals surface area contributed by atoms with Crippen molar-refractivity contribution in [1.29, 1.82) is 0 Å². The number of hydrogen-bond donors (Lipinski definition) is 0. The van der Waals surface area contributed by atoms with Crippen LogP contribution >= 0.6 is 0 Å². The molecule has 24 heavy (non-hydrogen) atoms. The highest BCUT2D eigenvalue weighted by molar-refractivity contribution is 5.77. The molecule has 0 bridgehead atoms. The van der Waals surface area contributed by atoms with Gasteiger partial charge in [-0.1, -0.05) is 54.6 Å². The Kier molecular flexibility index (Phi) is 4.85. The maximum atomic E-state index is 4.90. The Bertz CT molecular complexity index is 802. The van der Waals surface area contributed by atoms with Crippen molar-refractivity contribution in [2.45, 2.75) is 26.8 Å². The highest BCUT2D eigenvalue weighted by atomic mass is 14.8. The van der Waals surface area contributed by atoms with E-state index >= 15 is 0 Å². The number of hydrogen-bond acceptors (Lipinski definition) is 2. The van der Waals surface area contributed by atoms with Gasteiger partial charge in [0.15, 0.2) is 0 Å². The summed E-state index contributed by atoms with van der Waals surface area (Å²) >= 11 is 0. The SMILES string of the molecule is Cc1ccc(C=NC(c2ccccc2C)c2ccccc2C)nc1. The number of rotatable bonds is 4. The van der Waals surface area contributed by atoms with E-state index in [0.717, 1.165) is 11.3 Å². The van der Waals surface area contributed by atoms with E-state index in [9.17, 15) is 0 Å². The standard InChI is InChI=1S/C22H22N2/c1-16-12-13-19(23-14-16)15-24-22(20-10-6-4-8-17(20)2)21-11-7-5-9-18(21)3/h4-15,22H,1-3H3. The lowest BCUT2D eigenvalue weighted by atomic mass is 9.93. The first-order valence-corrected chi connectivity index (χ1v) is 8.22. The highest BCUT2D eigenvalue weighted by Gasteiger charge is 2.16. The van der Waals surface area contributed by atoms with Crippen molar-refractivity contribution < 1.29 is 0 Å². The predicted molar refractivity (Wildman–Crippen MR) is 101 cm³/mol. The zero-order chi connectivity index (χ0) is 16.9. The average molecular weight is 314 g/mol. The van der Waals surface area contributed by atoms with E-state index in [1.54, 1.807) is 0 Å². The van der Waals surface area contributed by atoms with Gasteiger partial charge in [-0.25, -0.2) is 0 Å². The molecule has 0 atom stereocenters. The molecule has 0 aliphatic heterocycles. The lowest BCUT2D eigenvalue weighted by Crippen LogP contribution is -2.03. The highest BCUT2D eigenvalue weighted by Crippen LogP contribution is 2.30. The molecule has 0 fully saturated rings. The van der Waals surface area contributed by atoms with E-state index < -0.39 is 0 Å². The summed E-state index contributed by atoms with van der Waals surface area (Å²) < 4.78 is 0. The van der Waals surface area contributed by atoms with Gasteiger partial charge < -0.3 is 0 Å². The number of aromatic nitrogens is 1. The summed E-state index contributed by atoms with van der Waals surface area (Å²) in [5.41, 5.74) is 7.00. The van der Waals surface area contributed by atoms with Crippen LogP contribution in [-0.2, 0) is 0 Å². The van der Waals surface area contributed by atoms with Gasteiger partial charge in [-0.15, -0.1) is 0 Å². The molecular weight excluding hydrogens is 292 g/mol. The van der Waals surface area contributed by atoms with Gasteiger partial charge in [-0.3, -0.25) is 9.98 Å². The van der Waals surface area contributed by atoms with Crippen LogP contribution in [0.15, 0.2) is 71.9 Å². The molecule has 0 aliphatic rings. The van der Waals surface area contributed by atoms with Crippen LogP contribution < -0.4 is 0 Å². The van der Waals surface area contributed by atoms with Crippen LogP contribution in [-0.4, -0.2) is 11.2 Å². The van der Waals surface area contributed by atoms with Gasteiger partial charge >= 0.3 is 0 Å². The van der Waals surface area contributed by atoms with Gasteiger partial charge in [0.05, 0.1) is 5.69 Å². The number of aryl methyl sites for hydroxylation is 3. The third kappa shape index (κ3) is 3.60. The molecule has 120 valence electrons. The van der Waals surface area contributed by atoms with E-state index in [1.807, 2.05) is 25.4 Å². The quantitative estimate of drug-likeness (QED) is 0.606. The van der Waals surface area contributed by atoms with E-state index in [-0.39, 0.29) is 6.04 Å². The van der Waals surface area contributed by atoms with E-state index in [0.29, 0.717) is 0 Å². The molecule has 0 spiro atoms. The smallest absolute Gasteiger partial charge is 0.100 e. The van der Waals surface area contributed by atoms with Crippen molar-refractivity contribution in [3.63, 3.8) is 0 Å². The molecule has 2 nitrogen and oxygen atoms in total. The lowest BCUT2D eigenvalue weighted by molar-refractivity contribution is 0.858. The second-order valence-electron chi connectivity index (χ2n) is 6.15. The van der Waals surface area contributed by atoms with Crippen LogP contribution in [0.5, 0.6) is 0 Å². The molecule has 0 radical (unpaired) electrons. The van der Waals surface area contributed by atoms with Gasteiger partial charge in [-0.05, 0) is 54.7 Å². The van der Waals surface area contributed by atoms with Crippen LogP contribution in [0.3, 0.4) is 0 Å². The molecule has 1 aromatic heterocycles. The zero-order valence-electron chi connectivity index (χ0n) is 14.4. The van der Waals surface area contributed by atoms with E-state index in [2.05, 4.69) is 73.4 Å². The minimum Gasteiger partial charge on any atom is -0.278 e. The van der Waals surface area contributed by atoms with Gasteiger partial charge in [0.1, 0.15) is 6.04 Å². The average Bonchev–Trinajstić information content (AvgIpc) is 2.59. The zero-order valence-corrected chi connectivity index (χ0v) is 14.4. The van der Waals surface area contributed by atoms with Gasteiger partial charge in [0.25, 0.3) is 0 Å². The topological polar surface area (TPSA) is 25.2 Å². The maximum Gasteiger partial charge on any atom is 0.100 e. The molecule has 1 heterocycles. The minimum absolute atomic E-state index is 0.0181. The molecule has 0 aliphatic carbocycles. The van der Waals surface area contributed by atoms with Gasteiger partial charge in [0.2, 0.25) is 0 Å². The fourth-order valence-corrected chi connectivity index (χ4v) is 2.82. The normalized spacial score (nSPS) is 11.3. The van der Waals surface area contributed by atoms with Crippen LogP contribution in [0.1, 0.15) is 39.6 Å². The summed E-state index contributed by atoms with van der Waals surface area (Å²) in [6.07, 6.45) is 3.75. The van der Waals surface area contributed by atoms with Crippen LogP contribution in [0.25, 0.3) is 0 Å². The third-order valence-electron chi connectivity index (χ3n) is 4.26. The second kappa shape index (κ2) is 7.22. The predicted octanol–water partition coefficient (Wildman–Crippen LogP) is 5.22. The Hall–Kier alpha value is -2.74. The van der Waals surface area contributed by atoms with Crippen LogP contribution in [0.2, 0.25) is 0 Å². The number of pyridine rings is 1. The third-order valence-corrected chi connectivity index (χ3v) is 4.26. The molecule has 2 heteroatoms. The van der Waals surface area contributed by atoms with Gasteiger partial charge in [0, 0.05) is 12.4 Å². The summed E-state index contributed by atoms with van der Waals surface area (Å²) in [7, 11) is 0. The summed E-state index contributed by atoms with van der Waals surface area (Å²) in [6.45, 7) is 6.32. The van der Waals surface area contributed by atoms with Crippen LogP contribution in [0, 0.1) is 20.8 Å². The minimum atomic E-state index is -0.0181. The van der Waals surface area contributed by atoms with Crippen molar-refractivity contribution >= 4 is 6.21 Å². The van der Waals surface area contributed by atoms with E-state index in [1.165, 1.54) is 22.3 Å². The van der Waals surface area contributed by atoms with Crippen molar-refractivity contribution in [1.82, 2.24) is 4.98 Å². The Morgan fingerprint density at radius 3 is 1.88 bits per heavy atom. The Morgan fingerprint density at radius 2 is 1.38 bits per heavy atom. The van der Waals surface area contributed by atoms with Crippen LogP contribution in [0.4, 0.5) is 0 Å². The Balaban J connectivity index is 2.04. The fourth-order valence-electron chi connectivity index (χ4n) is 2.82. The second-order valence-corrected chi connectivity index (χ2v) is 6.15. The molecule has 0 N–H and O–H groups in total. The molecule has 2 aromatic carbocycles. The molecule has 0 saturated carbocycles. The number of aliphatic imine (C=N–C) groups is 1. The summed E-state index contributed by atoms with van der Waals surface area (Å²) in [4.78, 5) is 9.33. The Labute approximate surface area is 143 Å². The molecule has 0 unspecified atom stereocenters. The monoisotopic (exact) mass is 314 g/mol. The number of benzene rings is 2. The number of nitrogens with zero attached hydrogens (tertiary/aromatic N) is 2. The first-order chi connectivity index (χ1) is 11.6. The largest absolute Gasteiger partial charge is 0.278 e. The first-order valence-electron chi connectivity index (χ1n) is 8.22. The first kappa shape index (κ1) is 16.1.